The average Bonchev–Trinajstić information content (AvgIpc) is 2.32. The van der Waals surface area contributed by atoms with Gasteiger partial charge in [0.25, 0.3) is 0 Å². The highest BCUT2D eigenvalue weighted by Crippen LogP contribution is 2.32. The molecule has 0 radical (unpaired) electrons. The molecule has 17 heavy (non-hydrogen) atoms. The number of carbonyl (C=O) groups is 1. The molecule has 0 saturated carbocycles. The lowest BCUT2D eigenvalue weighted by Gasteiger charge is -2.34. The molecule has 2 rings (SSSR count). The number of methoxy groups -OCH3 is 1. The number of nitrogens with one attached hydrogen (secondary N) is 1. The van der Waals surface area contributed by atoms with Crippen molar-refractivity contribution in [3.63, 3.8) is 0 Å². The molecule has 1 atom stereocenters. The van der Waals surface area contributed by atoms with Gasteiger partial charge in [-0.15, -0.1) is 0 Å². The largest absolute Gasteiger partial charge is 0.490 e. The number of carbonyl (C=O) groups excluding carboxylic acids is 1. The highest BCUT2D eigenvalue weighted by atomic mass is 35.5. The average molecular weight is 257 g/mol. The Morgan fingerprint density at radius 2 is 2.35 bits per heavy atom. The fourth-order valence-corrected chi connectivity index (χ4v) is 2.00. The van der Waals surface area contributed by atoms with Crippen molar-refractivity contribution in [3.8, 4) is 5.75 Å². The fourth-order valence-electron chi connectivity index (χ4n) is 1.80. The van der Waals surface area contributed by atoms with E-state index in [1.807, 2.05) is 11.8 Å². The molecular weight excluding hydrogens is 244 g/mol. The molecular formula is C10H13ClN4O2. The number of nitrogens with zero attached hydrogens (tertiary/aromatic N) is 3. The van der Waals surface area contributed by atoms with Gasteiger partial charge in [0.15, 0.2) is 16.7 Å². The molecule has 0 bridgehead atoms. The van der Waals surface area contributed by atoms with Crippen LogP contribution in [0.15, 0.2) is 6.33 Å². The maximum atomic E-state index is 11.6. The predicted molar refractivity (Wildman–Crippen MR) is 63.4 cm³/mol. The first-order chi connectivity index (χ1) is 8.15. The van der Waals surface area contributed by atoms with E-state index in [1.165, 1.54) is 13.4 Å². The zero-order valence-corrected chi connectivity index (χ0v) is 10.4. The van der Waals surface area contributed by atoms with Gasteiger partial charge in [0, 0.05) is 13.1 Å². The quantitative estimate of drug-likeness (QED) is 0.779. The van der Waals surface area contributed by atoms with Gasteiger partial charge in [0.2, 0.25) is 5.91 Å². The Balaban J connectivity index is 2.39. The third-order valence-corrected chi connectivity index (χ3v) is 2.99. The van der Waals surface area contributed by atoms with Gasteiger partial charge in [-0.3, -0.25) is 4.79 Å². The molecule has 7 heteroatoms. The van der Waals surface area contributed by atoms with Crippen molar-refractivity contribution in [1.29, 1.82) is 0 Å². The first kappa shape index (κ1) is 11.9. The van der Waals surface area contributed by atoms with E-state index in [2.05, 4.69) is 15.3 Å². The second-order valence-corrected chi connectivity index (χ2v) is 4.04. The van der Waals surface area contributed by atoms with Crippen LogP contribution in [0.5, 0.6) is 5.75 Å². The molecule has 0 aromatic carbocycles. The zero-order valence-electron chi connectivity index (χ0n) is 9.61. The van der Waals surface area contributed by atoms with Crippen molar-refractivity contribution in [1.82, 2.24) is 15.3 Å². The number of anilines is 1. The Morgan fingerprint density at radius 3 is 3.06 bits per heavy atom. The van der Waals surface area contributed by atoms with Crippen LogP contribution in [0.4, 0.5) is 5.82 Å². The topological polar surface area (TPSA) is 67.4 Å². The summed E-state index contributed by atoms with van der Waals surface area (Å²) in [6.45, 7) is 3.05. The number of ether oxygens (including phenoxy) is 1. The van der Waals surface area contributed by atoms with Crippen molar-refractivity contribution >= 4 is 23.3 Å². The minimum atomic E-state index is -0.302. The van der Waals surface area contributed by atoms with E-state index in [4.69, 9.17) is 16.3 Å². The standard InChI is InChI=1S/C10H13ClN4O2/c1-6-10(16)12-3-4-15(6)9-7(17-2)8(11)13-5-14-9/h5-6H,3-4H2,1-2H3,(H,12,16). The maximum Gasteiger partial charge on any atom is 0.242 e. The van der Waals surface area contributed by atoms with Gasteiger partial charge < -0.3 is 15.0 Å². The molecule has 1 N–H and O–H groups in total. The van der Waals surface area contributed by atoms with Gasteiger partial charge in [0.1, 0.15) is 12.4 Å². The maximum absolute atomic E-state index is 11.6. The monoisotopic (exact) mass is 256 g/mol. The summed E-state index contributed by atoms with van der Waals surface area (Å²) >= 11 is 5.93. The fraction of sp³-hybridized carbons (Fsp3) is 0.500. The highest BCUT2D eigenvalue weighted by molar-refractivity contribution is 6.31. The van der Waals surface area contributed by atoms with E-state index in [0.29, 0.717) is 24.7 Å². The van der Waals surface area contributed by atoms with Crippen molar-refractivity contribution in [2.24, 2.45) is 0 Å². The molecule has 1 aromatic heterocycles. The van der Waals surface area contributed by atoms with Crippen LogP contribution in [0, 0.1) is 0 Å². The van der Waals surface area contributed by atoms with Crippen LogP contribution in [-0.2, 0) is 4.79 Å². The molecule has 0 aliphatic carbocycles. The van der Waals surface area contributed by atoms with Crippen LogP contribution in [-0.4, -0.2) is 42.1 Å². The summed E-state index contributed by atoms with van der Waals surface area (Å²) in [6.07, 6.45) is 1.36. The number of piperazine rings is 1. The SMILES string of the molecule is COc1c(Cl)ncnc1N1CCNC(=O)C1C. The molecule has 1 amide bonds. The van der Waals surface area contributed by atoms with E-state index in [1.54, 1.807) is 0 Å². The van der Waals surface area contributed by atoms with Crippen LogP contribution < -0.4 is 15.0 Å². The van der Waals surface area contributed by atoms with Gasteiger partial charge in [-0.25, -0.2) is 9.97 Å². The number of rotatable bonds is 2. The molecule has 1 unspecified atom stereocenters. The summed E-state index contributed by atoms with van der Waals surface area (Å²) in [5.41, 5.74) is 0. The lowest BCUT2D eigenvalue weighted by Crippen LogP contribution is -2.54. The normalized spacial score (nSPS) is 20.1. The minimum Gasteiger partial charge on any atom is -0.490 e. The minimum absolute atomic E-state index is 0.0342. The second kappa shape index (κ2) is 4.75. The predicted octanol–water partition coefficient (Wildman–Crippen LogP) is 0.463. The van der Waals surface area contributed by atoms with Crippen molar-refractivity contribution < 1.29 is 9.53 Å². The Morgan fingerprint density at radius 1 is 1.59 bits per heavy atom. The molecule has 0 spiro atoms. The van der Waals surface area contributed by atoms with E-state index in [0.717, 1.165) is 0 Å². The molecule has 6 nitrogen and oxygen atoms in total. The molecule has 1 fully saturated rings. The Hall–Kier alpha value is -1.56. The number of hydrogen-bond acceptors (Lipinski definition) is 5. The first-order valence-electron chi connectivity index (χ1n) is 5.24. The van der Waals surface area contributed by atoms with E-state index in [9.17, 15) is 4.79 Å². The summed E-state index contributed by atoms with van der Waals surface area (Å²) in [4.78, 5) is 21.4. The Bertz CT molecular complexity index is 440. The summed E-state index contributed by atoms with van der Waals surface area (Å²) in [5.74, 6) is 0.915. The third kappa shape index (κ3) is 2.12. The van der Waals surface area contributed by atoms with Crippen LogP contribution in [0.2, 0.25) is 5.15 Å². The Kier molecular flexibility index (Phi) is 3.33. The van der Waals surface area contributed by atoms with Crippen LogP contribution in [0.1, 0.15) is 6.92 Å². The second-order valence-electron chi connectivity index (χ2n) is 3.68. The van der Waals surface area contributed by atoms with Gasteiger partial charge in [-0.2, -0.15) is 0 Å². The van der Waals surface area contributed by atoms with E-state index in [-0.39, 0.29) is 17.1 Å². The smallest absolute Gasteiger partial charge is 0.242 e. The zero-order chi connectivity index (χ0) is 12.4. The molecule has 2 heterocycles. The molecule has 92 valence electrons. The van der Waals surface area contributed by atoms with Gasteiger partial charge in [-0.05, 0) is 6.92 Å². The molecule has 1 aromatic rings. The van der Waals surface area contributed by atoms with Gasteiger partial charge >= 0.3 is 0 Å². The van der Waals surface area contributed by atoms with Crippen LogP contribution in [0.25, 0.3) is 0 Å². The first-order valence-corrected chi connectivity index (χ1v) is 5.61. The van der Waals surface area contributed by atoms with Crippen LogP contribution in [0.3, 0.4) is 0 Å². The van der Waals surface area contributed by atoms with E-state index >= 15 is 0 Å². The third-order valence-electron chi connectivity index (χ3n) is 2.72. The summed E-state index contributed by atoms with van der Waals surface area (Å²) in [6, 6.07) is -0.302. The van der Waals surface area contributed by atoms with Gasteiger partial charge in [-0.1, -0.05) is 11.6 Å². The molecule has 1 saturated heterocycles. The Labute approximate surface area is 104 Å². The number of aromatic nitrogens is 2. The highest BCUT2D eigenvalue weighted by Gasteiger charge is 2.29. The lowest BCUT2D eigenvalue weighted by atomic mass is 10.2. The summed E-state index contributed by atoms with van der Waals surface area (Å²) < 4.78 is 5.18. The van der Waals surface area contributed by atoms with Crippen molar-refractivity contribution in [3.05, 3.63) is 11.5 Å². The van der Waals surface area contributed by atoms with Gasteiger partial charge in [0.05, 0.1) is 7.11 Å². The van der Waals surface area contributed by atoms with Crippen LogP contribution >= 0.6 is 11.6 Å². The number of halogens is 1. The van der Waals surface area contributed by atoms with Crippen molar-refractivity contribution in [2.75, 3.05) is 25.1 Å². The number of amides is 1. The lowest BCUT2D eigenvalue weighted by molar-refractivity contribution is -0.122. The molecule has 1 aliphatic rings. The van der Waals surface area contributed by atoms with E-state index < -0.39 is 0 Å². The molecule has 1 aliphatic heterocycles. The summed E-state index contributed by atoms with van der Waals surface area (Å²) in [5, 5.41) is 3.03. The number of hydrogen-bond donors (Lipinski definition) is 1. The summed E-state index contributed by atoms with van der Waals surface area (Å²) in [7, 11) is 1.50. The van der Waals surface area contributed by atoms with Crippen molar-refractivity contribution in [2.45, 2.75) is 13.0 Å².